The fraction of sp³-hybridized carbons (Fsp3) is 0.220. The standard InChI is InChI=1S/C27H28N4O3.C25H24N4O3.C22H18ClN3O3.C20H17N3O2.C15H10BrN3/c1-3-34-25(33)12-9-21-15-23-27(29-17-21)26(24(32)18-30-13-5-4-6-14-30)19(2)31(23)22-10-7-20(16-28)8-11-22;1-17-24(22(30)16-28-11-3-2-4-12-28)25-21(13-19(15-27-25)7-10-23(31)32)29(17)20-8-5-18(14-26)6-9-20;1-3-29-20(28)9-6-16-10-18-22(25-13-16)21(19(27)11-23)14(2)26(18)17-7-4-15(12-24)5-8-17;1-3-25-20(24)9-6-16-11-19-18(22-13-16)10-14(2)23(19)17-7-4-15(12-21)5-8-17;1-10-6-14-15(7-12(16)9-18-14)19(10)13-4-2-11(8-17)3-5-13/h7-12,15,17H,3-6,13-14,18H2,1-2H3;5-10,13,15H,2-4,11-12,16H2,1H3,(H,31,32);4-10,13H,3,11H2,1-2H3;4-11,13H,3H2,1-2H3;2-7,9H,1H3/b12-9+;10-7+;2*9-6+;. The van der Waals surface area contributed by atoms with Crippen LogP contribution in [-0.2, 0) is 33.4 Å². The third-order valence-electron chi connectivity index (χ3n) is 23.2. The Labute approximate surface area is 816 Å². The van der Waals surface area contributed by atoms with E-state index < -0.39 is 17.9 Å². The summed E-state index contributed by atoms with van der Waals surface area (Å²) in [5.41, 5.74) is 24.1. The first-order chi connectivity index (χ1) is 67.3. The molecule has 5 aromatic carbocycles. The molecule has 0 radical (unpaired) electrons. The highest BCUT2D eigenvalue weighted by molar-refractivity contribution is 9.10. The summed E-state index contributed by atoms with van der Waals surface area (Å²) in [5.74, 6) is -2.56. The molecule has 2 saturated heterocycles. The molecule has 17 rings (SSSR count). The maximum Gasteiger partial charge on any atom is 0.330 e. The molecule has 2 aliphatic heterocycles. The van der Waals surface area contributed by atoms with Crippen molar-refractivity contribution in [2.75, 3.05) is 65.0 Å². The van der Waals surface area contributed by atoms with E-state index in [2.05, 4.69) is 96.2 Å². The average Bonchev–Trinajstić information content (AvgIpc) is 1.60. The number of hydrogen-bond acceptors (Lipinski definition) is 22. The molecule has 2 fully saturated rings. The van der Waals surface area contributed by atoms with E-state index in [4.69, 9.17) is 52.0 Å². The van der Waals surface area contributed by atoms with Crippen molar-refractivity contribution >= 4 is 148 Å². The van der Waals surface area contributed by atoms with Gasteiger partial charge in [-0.1, -0.05) is 12.8 Å². The van der Waals surface area contributed by atoms with Crippen molar-refractivity contribution in [3.05, 3.63) is 319 Å². The maximum atomic E-state index is 13.5. The number of carbonyl (C=O) groups is 7. The highest BCUT2D eigenvalue weighted by Gasteiger charge is 2.29. The van der Waals surface area contributed by atoms with Crippen LogP contribution in [0.3, 0.4) is 0 Å². The van der Waals surface area contributed by atoms with Gasteiger partial charge in [-0.15, -0.1) is 11.6 Å². The topological polar surface area (TPSA) is 382 Å². The molecular weight excluding hydrogens is 1840 g/mol. The molecule has 0 aliphatic carbocycles. The number of alkyl halides is 1. The summed E-state index contributed by atoms with van der Waals surface area (Å²) in [4.78, 5) is 112. The molecule has 0 spiro atoms. The van der Waals surface area contributed by atoms with Crippen LogP contribution >= 0.6 is 27.5 Å². The van der Waals surface area contributed by atoms with Gasteiger partial charge in [-0.3, -0.25) is 49.1 Å². The number of ketones is 3. The van der Waals surface area contributed by atoms with Gasteiger partial charge in [-0.2, -0.15) is 26.3 Å². The van der Waals surface area contributed by atoms with Crippen LogP contribution in [0.2, 0.25) is 0 Å². The molecule has 12 heterocycles. The summed E-state index contributed by atoms with van der Waals surface area (Å²) in [6.07, 6.45) is 26.8. The Bertz CT molecular complexity index is 7520. The molecule has 10 aromatic heterocycles. The van der Waals surface area contributed by atoms with Crippen LogP contribution in [0.15, 0.2) is 224 Å². The smallest absolute Gasteiger partial charge is 0.330 e. The number of hydrogen-bond donors (Lipinski definition) is 1. The highest BCUT2D eigenvalue weighted by atomic mass is 79.9. The van der Waals surface area contributed by atoms with Crippen molar-refractivity contribution < 1.29 is 52.9 Å². The third-order valence-corrected chi connectivity index (χ3v) is 23.9. The van der Waals surface area contributed by atoms with Gasteiger partial charge < -0.3 is 42.2 Å². The Morgan fingerprint density at radius 1 is 0.367 bits per heavy atom. The lowest BCUT2D eigenvalue weighted by atomic mass is 10.1. The van der Waals surface area contributed by atoms with E-state index in [-0.39, 0.29) is 29.2 Å². The number of piperidine rings is 2. The van der Waals surface area contributed by atoms with Crippen molar-refractivity contribution in [3.8, 4) is 58.8 Å². The van der Waals surface area contributed by atoms with Gasteiger partial charge in [-0.05, 0) is 334 Å². The van der Waals surface area contributed by atoms with Crippen LogP contribution in [0.4, 0.5) is 0 Å². The number of esters is 3. The third kappa shape index (κ3) is 24.3. The van der Waals surface area contributed by atoms with E-state index in [1.165, 1.54) is 37.1 Å². The molecule has 0 bridgehead atoms. The van der Waals surface area contributed by atoms with Crippen molar-refractivity contribution in [3.63, 3.8) is 0 Å². The molecule has 0 amide bonds. The minimum absolute atomic E-state index is 0.0307. The van der Waals surface area contributed by atoms with Gasteiger partial charge in [0.2, 0.25) is 0 Å². The van der Waals surface area contributed by atoms with Gasteiger partial charge in [0.15, 0.2) is 17.3 Å². The second kappa shape index (κ2) is 47.1. The van der Waals surface area contributed by atoms with Crippen LogP contribution in [0.25, 0.3) is 108 Å². The second-order valence-corrected chi connectivity index (χ2v) is 33.8. The van der Waals surface area contributed by atoms with E-state index in [9.17, 15) is 38.8 Å². The zero-order valence-corrected chi connectivity index (χ0v) is 80.1. The summed E-state index contributed by atoms with van der Waals surface area (Å²) in [7, 11) is 0. The highest BCUT2D eigenvalue weighted by Crippen LogP contribution is 2.36. The number of aromatic nitrogens is 10. The van der Waals surface area contributed by atoms with Gasteiger partial charge in [0.05, 0.1) is 169 Å². The van der Waals surface area contributed by atoms with E-state index in [0.717, 1.165) is 158 Å². The molecule has 698 valence electrons. The summed E-state index contributed by atoms with van der Waals surface area (Å²) in [6.45, 7) is 20.4. The molecule has 0 atom stereocenters. The number of rotatable bonds is 24. The van der Waals surface area contributed by atoms with Crippen LogP contribution in [0.1, 0.15) is 169 Å². The number of ether oxygens (including phenoxy) is 3. The Balaban J connectivity index is 0.000000148. The zero-order chi connectivity index (χ0) is 98.9. The van der Waals surface area contributed by atoms with Crippen LogP contribution < -0.4 is 0 Å². The Morgan fingerprint density at radius 3 is 0.935 bits per heavy atom. The lowest BCUT2D eigenvalue weighted by Gasteiger charge is -2.25. The number of nitriles is 5. The van der Waals surface area contributed by atoms with Crippen LogP contribution in [0.5, 0.6) is 0 Å². The van der Waals surface area contributed by atoms with E-state index in [0.29, 0.717) is 116 Å². The number of carboxylic acids is 1. The second-order valence-electron chi connectivity index (χ2n) is 32.6. The predicted octanol–water partition coefficient (Wildman–Crippen LogP) is 20.4. The maximum absolute atomic E-state index is 13.5. The number of aryl methyl sites for hydroxylation is 2. The van der Waals surface area contributed by atoms with E-state index in [1.807, 2.05) is 145 Å². The predicted molar refractivity (Wildman–Crippen MR) is 538 cm³/mol. The van der Waals surface area contributed by atoms with Crippen molar-refractivity contribution in [1.29, 1.82) is 26.3 Å². The number of aliphatic carboxylic acids is 1. The number of carboxylic acid groups (broad SMARTS) is 1. The fourth-order valence-electron chi connectivity index (χ4n) is 16.9. The van der Waals surface area contributed by atoms with Crippen molar-refractivity contribution in [2.45, 2.75) is 93.9 Å². The van der Waals surface area contributed by atoms with Gasteiger partial charge in [0.25, 0.3) is 0 Å². The van der Waals surface area contributed by atoms with Gasteiger partial charge >= 0.3 is 23.9 Å². The Morgan fingerprint density at radius 2 is 0.640 bits per heavy atom. The average molecular weight is 1940 g/mol. The Kier molecular flexibility index (Phi) is 33.9. The summed E-state index contributed by atoms with van der Waals surface area (Å²) in [5, 5.41) is 54.1. The molecule has 1 N–H and O–H groups in total. The number of benzene rings is 5. The van der Waals surface area contributed by atoms with Gasteiger partial charge in [-0.25, -0.2) is 19.2 Å². The number of halogens is 2. The molecule has 28 nitrogen and oxygen atoms in total. The summed E-state index contributed by atoms with van der Waals surface area (Å²) < 4.78 is 25.8. The first kappa shape index (κ1) is 100. The fourth-order valence-corrected chi connectivity index (χ4v) is 17.3. The van der Waals surface area contributed by atoms with Crippen molar-refractivity contribution in [2.24, 2.45) is 0 Å². The molecule has 0 unspecified atom stereocenters. The zero-order valence-electron chi connectivity index (χ0n) is 77.8. The van der Waals surface area contributed by atoms with E-state index in [1.54, 1.807) is 131 Å². The van der Waals surface area contributed by atoms with Crippen LogP contribution in [-0.4, -0.2) is 169 Å². The number of Topliss-reactive ketones (excluding diaryl/α,β-unsaturated/α-hetero) is 3. The SMILES string of the molecule is CCOC(=O)/C=C/c1cnc2c(C(=O)CCl)c(C)n(-c3ccc(C#N)cc3)c2c1.CCOC(=O)/C=C/c1cnc2c(C(=O)CN3CCCCC3)c(C)n(-c3ccc(C#N)cc3)c2c1.CCOC(=O)/C=C/c1cnc2cc(C)n(-c3ccc(C#N)cc3)c2c1.Cc1c(C(=O)CN2CCCCC2)c2ncc(/C=C/C(=O)O)cc2n1-c1ccc(C#N)cc1.Cc1cc2ncc(Br)cc2n1-c1ccc(C#N)cc1. The Hall–Kier alpha value is -16.5. The number of likely N-dealkylation sites (tertiary alicyclic amines) is 2. The van der Waals surface area contributed by atoms with Gasteiger partial charge in [0.1, 0.15) is 0 Å². The van der Waals surface area contributed by atoms with Crippen molar-refractivity contribution in [1.82, 2.24) is 57.6 Å². The molecule has 30 heteroatoms. The lowest BCUT2D eigenvalue weighted by Crippen LogP contribution is -2.34. The minimum atomic E-state index is -1.04. The number of nitrogens with zero attached hydrogens (tertiary/aromatic N) is 17. The van der Waals surface area contributed by atoms with Gasteiger partial charge in [0, 0.05) is 117 Å². The first-order valence-corrected chi connectivity index (χ1v) is 46.4. The monoisotopic (exact) mass is 1930 g/mol. The number of fused-ring (bicyclic) bond motifs is 5. The lowest BCUT2D eigenvalue weighted by molar-refractivity contribution is -0.138. The molecule has 15 aromatic rings. The normalized spacial score (nSPS) is 12.6. The quantitative estimate of drug-likeness (QED) is 0.0193. The summed E-state index contributed by atoms with van der Waals surface area (Å²) in [6, 6.07) is 60.7. The summed E-state index contributed by atoms with van der Waals surface area (Å²) >= 11 is 9.27. The number of carbonyl (C=O) groups excluding carboxylic acids is 6. The van der Waals surface area contributed by atoms with Crippen LogP contribution in [0, 0.1) is 91.3 Å². The largest absolute Gasteiger partial charge is 0.478 e. The molecular formula is C109H97BrClN17O11. The number of pyridine rings is 5. The first-order valence-electron chi connectivity index (χ1n) is 45.0. The molecule has 139 heavy (non-hydrogen) atoms. The molecule has 0 saturated carbocycles. The molecule has 2 aliphatic rings. The van der Waals surface area contributed by atoms with E-state index >= 15 is 0 Å². The minimum Gasteiger partial charge on any atom is -0.478 e.